The third kappa shape index (κ3) is 11.4. The van der Waals surface area contributed by atoms with Crippen molar-refractivity contribution in [1.82, 2.24) is 0 Å². The largest absolute Gasteiger partial charge is 0.497 e. The van der Waals surface area contributed by atoms with E-state index in [1.54, 1.807) is 14.2 Å². The van der Waals surface area contributed by atoms with Crippen LogP contribution in [0, 0.1) is 5.41 Å². The summed E-state index contributed by atoms with van der Waals surface area (Å²) in [5.74, 6) is 2.16. The predicted molar refractivity (Wildman–Crippen MR) is 176 cm³/mol. The lowest BCUT2D eigenvalue weighted by atomic mass is 9.91. The Hall–Kier alpha value is -2.78. The molecule has 48 heavy (non-hydrogen) atoms. The average Bonchev–Trinajstić information content (AvgIpc) is 3.12. The van der Waals surface area contributed by atoms with E-state index in [4.69, 9.17) is 56.8 Å². The lowest BCUT2D eigenvalue weighted by Gasteiger charge is -2.38. The Kier molecular flexibility index (Phi) is 13.9. The van der Waals surface area contributed by atoms with Crippen molar-refractivity contribution in [2.45, 2.75) is 58.0 Å². The fraction of sp³-hybridized carbons (Fsp3) is 0.611. The highest BCUT2D eigenvalue weighted by atomic mass is 16.7. The van der Waals surface area contributed by atoms with Crippen molar-refractivity contribution in [2.24, 2.45) is 5.41 Å². The predicted octanol–water partition coefficient (Wildman–Crippen LogP) is 4.57. The minimum atomic E-state index is -0.709. The zero-order valence-electron chi connectivity index (χ0n) is 28.6. The molecule has 0 atom stereocenters. The second-order valence-corrected chi connectivity index (χ2v) is 12.3. The lowest BCUT2D eigenvalue weighted by Crippen LogP contribution is -2.49. The maximum absolute atomic E-state index is 6.44. The summed E-state index contributed by atoms with van der Waals surface area (Å²) >= 11 is 0. The molecule has 0 aromatic heterocycles. The average molecular weight is 675 g/mol. The quantitative estimate of drug-likeness (QED) is 0.233. The van der Waals surface area contributed by atoms with Gasteiger partial charge in [0.05, 0.1) is 79.1 Å². The van der Waals surface area contributed by atoms with Crippen LogP contribution in [0.2, 0.25) is 0 Å². The summed E-state index contributed by atoms with van der Waals surface area (Å²) in [6, 6.07) is 13.6. The molecule has 266 valence electrons. The molecule has 0 bridgehead atoms. The van der Waals surface area contributed by atoms with Gasteiger partial charge in [-0.3, -0.25) is 0 Å². The zero-order valence-corrected chi connectivity index (χ0v) is 28.6. The molecule has 2 aromatic rings. The molecule has 3 fully saturated rings. The summed E-state index contributed by atoms with van der Waals surface area (Å²) in [5.41, 5.74) is 1.26. The molecule has 0 N–H and O–H groups in total. The Morgan fingerprint density at radius 3 is 1.33 bits per heavy atom. The van der Waals surface area contributed by atoms with Gasteiger partial charge in [0.25, 0.3) is 0 Å². The molecule has 3 saturated heterocycles. The minimum Gasteiger partial charge on any atom is -0.497 e. The van der Waals surface area contributed by atoms with Crippen LogP contribution in [0.4, 0.5) is 0 Å². The Morgan fingerprint density at radius 1 is 0.542 bits per heavy atom. The fourth-order valence-electron chi connectivity index (χ4n) is 5.20. The molecule has 0 aliphatic carbocycles. The van der Waals surface area contributed by atoms with Gasteiger partial charge in [-0.15, -0.1) is 0 Å². The summed E-state index contributed by atoms with van der Waals surface area (Å²) in [6.45, 7) is 9.30. The zero-order chi connectivity index (χ0) is 33.8. The highest BCUT2D eigenvalue weighted by molar-refractivity contribution is 5.71. The second-order valence-electron chi connectivity index (χ2n) is 12.3. The molecule has 12 heteroatoms. The third-order valence-corrected chi connectivity index (χ3v) is 8.24. The van der Waals surface area contributed by atoms with Crippen LogP contribution >= 0.6 is 0 Å². The van der Waals surface area contributed by atoms with Gasteiger partial charge >= 0.3 is 0 Å². The Bertz CT molecular complexity index is 1160. The van der Waals surface area contributed by atoms with Crippen molar-refractivity contribution in [1.29, 1.82) is 0 Å². The number of hydrogen-bond acceptors (Lipinski definition) is 12. The molecule has 3 heterocycles. The standard InChI is InChI=1S/C36H50O12/c1-25-39-15-33(16-40-25)46-22-36(23-47-34-17-41-26(2)42-18-34,24-48-35-19-43-27(3)44-20-35)21-45-30-10-8-28(9-11-30)6-7-29-12-31(37-4)14-32(13-29)38-5/h6-14,25-27,33-35H,15-24H2,1-5H3/b7-6+. The molecule has 0 amide bonds. The molecular formula is C36H50O12. The molecule has 5 rings (SSSR count). The van der Waals surface area contributed by atoms with Gasteiger partial charge in [0.1, 0.15) is 42.2 Å². The number of ether oxygens (including phenoxy) is 12. The van der Waals surface area contributed by atoms with Crippen molar-refractivity contribution in [3.8, 4) is 17.2 Å². The number of rotatable bonds is 16. The summed E-state index contributed by atoms with van der Waals surface area (Å²) in [6.07, 6.45) is 2.55. The van der Waals surface area contributed by atoms with Crippen LogP contribution in [-0.2, 0) is 42.6 Å². The molecular weight excluding hydrogens is 624 g/mol. The smallest absolute Gasteiger partial charge is 0.155 e. The first-order valence-electron chi connectivity index (χ1n) is 16.5. The summed E-state index contributed by atoms with van der Waals surface area (Å²) in [4.78, 5) is 0. The molecule has 0 spiro atoms. The highest BCUT2D eigenvalue weighted by Crippen LogP contribution is 2.28. The monoisotopic (exact) mass is 674 g/mol. The Labute approximate surface area is 283 Å². The lowest BCUT2D eigenvalue weighted by molar-refractivity contribution is -0.248. The molecule has 12 nitrogen and oxygen atoms in total. The van der Waals surface area contributed by atoms with E-state index in [9.17, 15) is 0 Å². The molecule has 2 aromatic carbocycles. The van der Waals surface area contributed by atoms with Gasteiger partial charge in [0, 0.05) is 6.07 Å². The molecule has 3 aliphatic rings. The third-order valence-electron chi connectivity index (χ3n) is 8.24. The van der Waals surface area contributed by atoms with Gasteiger partial charge in [-0.1, -0.05) is 24.3 Å². The summed E-state index contributed by atoms with van der Waals surface area (Å²) in [7, 11) is 3.27. The van der Waals surface area contributed by atoms with Crippen LogP contribution < -0.4 is 14.2 Å². The highest BCUT2D eigenvalue weighted by Gasteiger charge is 2.38. The SMILES string of the molecule is COc1cc(/C=C/c2ccc(OCC(COC3COC(C)OC3)(COC3COC(C)OC3)COC3COC(C)OC3)cc2)cc(OC)c1. The van der Waals surface area contributed by atoms with E-state index >= 15 is 0 Å². The van der Waals surface area contributed by atoms with Gasteiger partial charge in [-0.05, 0) is 56.2 Å². The topological polar surface area (TPSA) is 111 Å². The fourth-order valence-corrected chi connectivity index (χ4v) is 5.20. The normalized spacial score (nSPS) is 27.8. The van der Waals surface area contributed by atoms with E-state index in [0.29, 0.717) is 45.4 Å². The van der Waals surface area contributed by atoms with E-state index in [1.165, 1.54) is 0 Å². The van der Waals surface area contributed by atoms with Gasteiger partial charge in [-0.25, -0.2) is 0 Å². The van der Waals surface area contributed by atoms with Gasteiger partial charge < -0.3 is 56.8 Å². The molecule has 0 saturated carbocycles. The minimum absolute atomic E-state index is 0.236. The van der Waals surface area contributed by atoms with Crippen molar-refractivity contribution >= 4 is 12.2 Å². The van der Waals surface area contributed by atoms with Crippen molar-refractivity contribution in [2.75, 3.05) is 80.3 Å². The van der Waals surface area contributed by atoms with Crippen molar-refractivity contribution in [3.63, 3.8) is 0 Å². The maximum atomic E-state index is 6.44. The first kappa shape index (κ1) is 36.5. The van der Waals surface area contributed by atoms with Crippen LogP contribution in [0.15, 0.2) is 42.5 Å². The Morgan fingerprint density at radius 2 is 0.938 bits per heavy atom. The first-order chi connectivity index (χ1) is 23.3. The van der Waals surface area contributed by atoms with Crippen LogP contribution in [0.5, 0.6) is 17.2 Å². The van der Waals surface area contributed by atoms with E-state index in [0.717, 1.165) is 22.6 Å². The number of methoxy groups -OCH3 is 2. The van der Waals surface area contributed by atoms with Gasteiger partial charge in [0.2, 0.25) is 0 Å². The maximum Gasteiger partial charge on any atom is 0.155 e. The molecule has 3 aliphatic heterocycles. The van der Waals surface area contributed by atoms with E-state index < -0.39 is 5.41 Å². The van der Waals surface area contributed by atoms with Crippen LogP contribution in [-0.4, -0.2) is 117 Å². The second kappa shape index (κ2) is 18.3. The number of hydrogen-bond donors (Lipinski definition) is 0. The van der Waals surface area contributed by atoms with Gasteiger partial charge in [-0.2, -0.15) is 0 Å². The first-order valence-corrected chi connectivity index (χ1v) is 16.5. The molecule has 0 radical (unpaired) electrons. The van der Waals surface area contributed by atoms with Crippen molar-refractivity contribution in [3.05, 3.63) is 53.6 Å². The van der Waals surface area contributed by atoms with Crippen LogP contribution in [0.25, 0.3) is 12.2 Å². The van der Waals surface area contributed by atoms with E-state index in [1.807, 2.05) is 75.4 Å². The summed E-state index contributed by atoms with van der Waals surface area (Å²) < 4.78 is 70.4. The van der Waals surface area contributed by atoms with Crippen LogP contribution in [0.3, 0.4) is 0 Å². The summed E-state index contributed by atoms with van der Waals surface area (Å²) in [5, 5.41) is 0. The van der Waals surface area contributed by atoms with E-state index in [2.05, 4.69) is 0 Å². The van der Waals surface area contributed by atoms with Gasteiger partial charge in [0.15, 0.2) is 18.9 Å². The number of benzene rings is 2. The van der Waals surface area contributed by atoms with Crippen LogP contribution in [0.1, 0.15) is 31.9 Å². The van der Waals surface area contributed by atoms with E-state index in [-0.39, 0.29) is 63.6 Å². The molecule has 0 unspecified atom stereocenters. The Balaban J connectivity index is 1.28. The van der Waals surface area contributed by atoms with Crippen molar-refractivity contribution < 1.29 is 56.8 Å².